The number of carbonyl (C=O) groups is 2. The van der Waals surface area contributed by atoms with Crippen LogP contribution >= 0.6 is 0 Å². The Morgan fingerprint density at radius 1 is 0.690 bits per heavy atom. The monoisotopic (exact) mass is 393 g/mol. The van der Waals surface area contributed by atoms with Gasteiger partial charge in [0, 0.05) is 12.1 Å². The molecule has 0 radical (unpaired) electrons. The fourth-order valence-corrected chi connectivity index (χ4v) is 2.35. The van der Waals surface area contributed by atoms with Gasteiger partial charge in [0.15, 0.2) is 0 Å². The second kappa shape index (κ2) is 8.66. The molecule has 0 bridgehead atoms. The van der Waals surface area contributed by atoms with Gasteiger partial charge in [-0.2, -0.15) is 0 Å². The predicted octanol–water partition coefficient (Wildman–Crippen LogP) is 4.04. The molecule has 0 saturated carbocycles. The van der Waals surface area contributed by atoms with Gasteiger partial charge in [-0.1, -0.05) is 0 Å². The van der Waals surface area contributed by atoms with Crippen molar-refractivity contribution in [1.29, 1.82) is 0 Å². The molecule has 0 atom stereocenters. The number of nitrogens with zero attached hydrogens (tertiary/aromatic N) is 1. The SMILES string of the molecule is COc1ccc(C(=O)Oc2ccc(C(=O)Oc3ccc([N+](=O)[O-])cc3)cc2)cc1. The molecule has 3 aromatic carbocycles. The van der Waals surface area contributed by atoms with Gasteiger partial charge in [-0.25, -0.2) is 9.59 Å². The number of nitro groups is 1. The molecular formula is C21H15NO7. The Bertz CT molecular complexity index is 1030. The molecule has 0 aromatic heterocycles. The summed E-state index contributed by atoms with van der Waals surface area (Å²) in [5.74, 6) is -0.133. The maximum absolute atomic E-state index is 12.2. The van der Waals surface area contributed by atoms with Crippen molar-refractivity contribution < 1.29 is 28.7 Å². The maximum atomic E-state index is 12.2. The summed E-state index contributed by atoms with van der Waals surface area (Å²) in [7, 11) is 1.53. The minimum Gasteiger partial charge on any atom is -0.497 e. The van der Waals surface area contributed by atoms with Crippen molar-refractivity contribution in [3.05, 3.63) is 94.0 Å². The summed E-state index contributed by atoms with van der Waals surface area (Å²) < 4.78 is 15.5. The van der Waals surface area contributed by atoms with Gasteiger partial charge < -0.3 is 14.2 Å². The fraction of sp³-hybridized carbons (Fsp3) is 0.0476. The molecule has 0 aliphatic rings. The van der Waals surface area contributed by atoms with Crippen molar-refractivity contribution >= 4 is 17.6 Å². The van der Waals surface area contributed by atoms with Crippen molar-refractivity contribution in [3.8, 4) is 17.2 Å². The Kier molecular flexibility index (Phi) is 5.84. The van der Waals surface area contributed by atoms with E-state index in [2.05, 4.69) is 0 Å². The van der Waals surface area contributed by atoms with Crippen molar-refractivity contribution in [3.63, 3.8) is 0 Å². The molecule has 0 aliphatic carbocycles. The Hall–Kier alpha value is -4.20. The summed E-state index contributed by atoms with van der Waals surface area (Å²) in [6.45, 7) is 0. The first-order chi connectivity index (χ1) is 14.0. The first-order valence-electron chi connectivity index (χ1n) is 8.39. The van der Waals surface area contributed by atoms with E-state index in [0.29, 0.717) is 11.3 Å². The van der Waals surface area contributed by atoms with Crippen LogP contribution in [0.25, 0.3) is 0 Å². The number of non-ortho nitro benzene ring substituents is 1. The average Bonchev–Trinajstić information content (AvgIpc) is 2.74. The number of methoxy groups -OCH3 is 1. The highest BCUT2D eigenvalue weighted by atomic mass is 16.6. The van der Waals surface area contributed by atoms with Crippen LogP contribution in [0.1, 0.15) is 20.7 Å². The summed E-state index contributed by atoms with van der Waals surface area (Å²) in [5, 5.41) is 10.6. The summed E-state index contributed by atoms with van der Waals surface area (Å²) in [6, 6.07) is 17.4. The van der Waals surface area contributed by atoms with Gasteiger partial charge in [0.25, 0.3) is 5.69 Å². The van der Waals surface area contributed by atoms with Crippen molar-refractivity contribution in [2.45, 2.75) is 0 Å². The van der Waals surface area contributed by atoms with E-state index in [9.17, 15) is 19.7 Å². The summed E-state index contributed by atoms with van der Waals surface area (Å²) in [5.41, 5.74) is 0.480. The number of nitro benzene ring substituents is 1. The van der Waals surface area contributed by atoms with Crippen LogP contribution in [0, 0.1) is 10.1 Å². The van der Waals surface area contributed by atoms with E-state index < -0.39 is 16.9 Å². The second-order valence-electron chi connectivity index (χ2n) is 5.78. The van der Waals surface area contributed by atoms with Gasteiger partial charge in [0.05, 0.1) is 23.2 Å². The highest BCUT2D eigenvalue weighted by molar-refractivity contribution is 5.92. The van der Waals surface area contributed by atoms with Crippen molar-refractivity contribution in [2.24, 2.45) is 0 Å². The maximum Gasteiger partial charge on any atom is 0.343 e. The first kappa shape index (κ1) is 19.6. The number of carbonyl (C=O) groups excluding carboxylic acids is 2. The van der Waals surface area contributed by atoms with E-state index in [-0.39, 0.29) is 22.7 Å². The molecule has 3 aromatic rings. The molecular weight excluding hydrogens is 378 g/mol. The van der Waals surface area contributed by atoms with E-state index in [0.717, 1.165) is 0 Å². The van der Waals surface area contributed by atoms with Gasteiger partial charge in [-0.15, -0.1) is 0 Å². The molecule has 0 fully saturated rings. The van der Waals surface area contributed by atoms with Crippen molar-refractivity contribution in [2.75, 3.05) is 7.11 Å². The lowest BCUT2D eigenvalue weighted by Gasteiger charge is -2.07. The number of hydrogen-bond donors (Lipinski definition) is 0. The number of hydrogen-bond acceptors (Lipinski definition) is 7. The molecule has 0 saturated heterocycles. The zero-order valence-electron chi connectivity index (χ0n) is 15.2. The van der Waals surface area contributed by atoms with Crippen LogP contribution in [-0.2, 0) is 0 Å². The molecule has 29 heavy (non-hydrogen) atoms. The topological polar surface area (TPSA) is 105 Å². The van der Waals surface area contributed by atoms with Gasteiger partial charge in [-0.3, -0.25) is 10.1 Å². The highest BCUT2D eigenvalue weighted by Crippen LogP contribution is 2.20. The number of rotatable bonds is 6. The van der Waals surface area contributed by atoms with Crippen LogP contribution in [0.5, 0.6) is 17.2 Å². The molecule has 146 valence electrons. The third-order valence-corrected chi connectivity index (χ3v) is 3.88. The molecule has 8 nitrogen and oxygen atoms in total. The molecule has 0 spiro atoms. The van der Waals surface area contributed by atoms with Crippen LogP contribution in [0.2, 0.25) is 0 Å². The Balaban J connectivity index is 1.62. The standard InChI is InChI=1S/C21H15NO7/c1-27-17-8-2-14(3-9-17)20(23)28-18-10-4-15(5-11-18)21(24)29-19-12-6-16(7-13-19)22(25)26/h2-13H,1H3. The first-order valence-corrected chi connectivity index (χ1v) is 8.39. The molecule has 0 unspecified atom stereocenters. The van der Waals surface area contributed by atoms with E-state index >= 15 is 0 Å². The van der Waals surface area contributed by atoms with Gasteiger partial charge in [0.1, 0.15) is 17.2 Å². The zero-order valence-corrected chi connectivity index (χ0v) is 15.2. The van der Waals surface area contributed by atoms with E-state index in [4.69, 9.17) is 14.2 Å². The minimum absolute atomic E-state index is 0.104. The summed E-state index contributed by atoms with van der Waals surface area (Å²) in [6.07, 6.45) is 0. The third-order valence-electron chi connectivity index (χ3n) is 3.88. The minimum atomic E-state index is -0.646. The molecule has 8 heteroatoms. The van der Waals surface area contributed by atoms with E-state index in [1.165, 1.54) is 55.6 Å². The normalized spacial score (nSPS) is 10.1. The molecule has 3 rings (SSSR count). The van der Waals surface area contributed by atoms with Crippen LogP contribution in [-0.4, -0.2) is 24.0 Å². The number of esters is 2. The highest BCUT2D eigenvalue weighted by Gasteiger charge is 2.13. The third kappa shape index (κ3) is 4.95. The summed E-state index contributed by atoms with van der Waals surface area (Å²) in [4.78, 5) is 34.4. The molecule has 0 N–H and O–H groups in total. The van der Waals surface area contributed by atoms with Crippen LogP contribution < -0.4 is 14.2 Å². The lowest BCUT2D eigenvalue weighted by Crippen LogP contribution is -2.10. The Morgan fingerprint density at radius 2 is 1.07 bits per heavy atom. The zero-order chi connectivity index (χ0) is 20.8. The van der Waals surface area contributed by atoms with Gasteiger partial charge in [0.2, 0.25) is 0 Å². The second-order valence-corrected chi connectivity index (χ2v) is 5.78. The van der Waals surface area contributed by atoms with Gasteiger partial charge in [-0.05, 0) is 60.7 Å². The number of benzene rings is 3. The Labute approximate surface area is 165 Å². The van der Waals surface area contributed by atoms with Gasteiger partial charge >= 0.3 is 11.9 Å². The quantitative estimate of drug-likeness (QED) is 0.269. The van der Waals surface area contributed by atoms with Crippen LogP contribution in [0.4, 0.5) is 5.69 Å². The van der Waals surface area contributed by atoms with E-state index in [1.807, 2.05) is 0 Å². The molecule has 0 heterocycles. The fourth-order valence-electron chi connectivity index (χ4n) is 2.35. The Morgan fingerprint density at radius 3 is 1.45 bits per heavy atom. The smallest absolute Gasteiger partial charge is 0.343 e. The van der Waals surface area contributed by atoms with Crippen LogP contribution in [0.3, 0.4) is 0 Å². The largest absolute Gasteiger partial charge is 0.497 e. The van der Waals surface area contributed by atoms with Crippen molar-refractivity contribution in [1.82, 2.24) is 0 Å². The molecule has 0 aliphatic heterocycles. The summed E-state index contributed by atoms with van der Waals surface area (Å²) >= 11 is 0. The lowest BCUT2D eigenvalue weighted by molar-refractivity contribution is -0.384. The average molecular weight is 393 g/mol. The van der Waals surface area contributed by atoms with E-state index in [1.54, 1.807) is 24.3 Å². The number of ether oxygens (including phenoxy) is 3. The predicted molar refractivity (Wildman–Crippen MR) is 102 cm³/mol. The van der Waals surface area contributed by atoms with Crippen LogP contribution in [0.15, 0.2) is 72.8 Å². The lowest BCUT2D eigenvalue weighted by atomic mass is 10.2. The molecule has 0 amide bonds.